The number of fused-ring (bicyclic) bond motifs is 1. The Labute approximate surface area is 244 Å². The normalized spacial score (nSPS) is 13.4. The average Bonchev–Trinajstić information content (AvgIpc) is 3.42. The average molecular weight is 559 g/mol. The zero-order valence-corrected chi connectivity index (χ0v) is 25.6. The number of nitrogens with two attached hydrogens (primary N) is 2. The molecule has 1 aliphatic heterocycles. The zero-order valence-electron chi connectivity index (χ0n) is 25.6. The van der Waals surface area contributed by atoms with Gasteiger partial charge in [-0.15, -0.1) is 10.2 Å². The van der Waals surface area contributed by atoms with E-state index in [1.54, 1.807) is 12.1 Å². The fourth-order valence-electron chi connectivity index (χ4n) is 5.11. The Morgan fingerprint density at radius 1 is 1.05 bits per heavy atom. The summed E-state index contributed by atoms with van der Waals surface area (Å²) < 4.78 is 5.99. The van der Waals surface area contributed by atoms with Crippen LogP contribution in [0.15, 0.2) is 54.6 Å². The van der Waals surface area contributed by atoms with Gasteiger partial charge in [0.05, 0.1) is 11.4 Å². The molecule has 2 heterocycles. The van der Waals surface area contributed by atoms with Crippen LogP contribution in [0, 0.1) is 13.8 Å². The molecule has 220 valence electrons. The van der Waals surface area contributed by atoms with Gasteiger partial charge in [-0.05, 0) is 53.8 Å². The number of aryl methyl sites for hydroxylation is 1. The van der Waals surface area contributed by atoms with E-state index in [1.807, 2.05) is 46.8 Å². The molecule has 0 spiro atoms. The number of ether oxygens (including phenoxy) is 1. The Bertz CT molecular complexity index is 1370. The van der Waals surface area contributed by atoms with Crippen LogP contribution in [-0.2, 0) is 19.5 Å². The van der Waals surface area contributed by atoms with Crippen LogP contribution in [0.2, 0.25) is 0 Å². The van der Waals surface area contributed by atoms with Crippen molar-refractivity contribution in [3.8, 4) is 5.75 Å². The quantitative estimate of drug-likeness (QED) is 0.154. The van der Waals surface area contributed by atoms with Crippen molar-refractivity contribution in [1.29, 1.82) is 0 Å². The van der Waals surface area contributed by atoms with Crippen LogP contribution in [0.5, 0.6) is 5.75 Å². The predicted molar refractivity (Wildman–Crippen MR) is 168 cm³/mol. The molecule has 3 aromatic carbocycles. The van der Waals surface area contributed by atoms with Gasteiger partial charge in [0.1, 0.15) is 12.4 Å². The molecule has 0 radical (unpaired) electrons. The first-order chi connectivity index (χ1) is 19.9. The molecule has 5 rings (SSSR count). The van der Waals surface area contributed by atoms with Gasteiger partial charge in [-0.1, -0.05) is 75.4 Å². The Hall–Kier alpha value is -3.95. The van der Waals surface area contributed by atoms with Gasteiger partial charge in [0.25, 0.3) is 0 Å². The summed E-state index contributed by atoms with van der Waals surface area (Å²) >= 11 is 0. The summed E-state index contributed by atoms with van der Waals surface area (Å²) in [6.07, 6.45) is 0.599. The molecular formula is C32H46N8O. The Balaban J connectivity index is 0.00000111. The highest BCUT2D eigenvalue weighted by molar-refractivity contribution is 5.72. The van der Waals surface area contributed by atoms with Gasteiger partial charge >= 0.3 is 0 Å². The summed E-state index contributed by atoms with van der Waals surface area (Å²) in [6, 6.07) is 19.1. The van der Waals surface area contributed by atoms with Crippen LogP contribution in [-0.4, -0.2) is 45.7 Å². The van der Waals surface area contributed by atoms with E-state index in [9.17, 15) is 0 Å². The predicted octanol–water partition coefficient (Wildman–Crippen LogP) is 5.53. The maximum atomic E-state index is 6.52. The number of aromatic nitrogens is 4. The van der Waals surface area contributed by atoms with E-state index in [2.05, 4.69) is 74.9 Å². The SMILES string of the molecule is CC.CC.Cc1ccc(C(Cc2nn[nH]n2)c2ccc(N(C)N)c(N)c2C)cc1CN1CCOc2ccccc2C1. The third-order valence-electron chi connectivity index (χ3n) is 7.27. The van der Waals surface area contributed by atoms with Crippen LogP contribution in [0.1, 0.15) is 72.8 Å². The van der Waals surface area contributed by atoms with Gasteiger partial charge in [-0.2, -0.15) is 5.21 Å². The number of tetrazole rings is 1. The second kappa shape index (κ2) is 15.2. The molecule has 0 aliphatic carbocycles. The molecule has 5 N–H and O–H groups in total. The van der Waals surface area contributed by atoms with Gasteiger partial charge in [0, 0.05) is 44.6 Å². The molecule has 0 saturated heterocycles. The molecule has 0 fully saturated rings. The largest absolute Gasteiger partial charge is 0.492 e. The van der Waals surface area contributed by atoms with Crippen molar-refractivity contribution in [2.24, 2.45) is 5.84 Å². The number of nitrogens with zero attached hydrogens (tertiary/aromatic N) is 5. The van der Waals surface area contributed by atoms with E-state index in [0.717, 1.165) is 42.2 Å². The number of hydrazine groups is 1. The van der Waals surface area contributed by atoms with Crippen molar-refractivity contribution in [3.63, 3.8) is 0 Å². The lowest BCUT2D eigenvalue weighted by molar-refractivity contribution is 0.219. The van der Waals surface area contributed by atoms with E-state index in [1.165, 1.54) is 22.3 Å². The first kappa shape index (κ1) is 31.6. The number of para-hydroxylation sites is 1. The number of aromatic amines is 1. The van der Waals surface area contributed by atoms with E-state index >= 15 is 0 Å². The van der Waals surface area contributed by atoms with Crippen LogP contribution < -0.4 is 21.3 Å². The monoisotopic (exact) mass is 558 g/mol. The topological polar surface area (TPSA) is 122 Å². The van der Waals surface area contributed by atoms with Crippen molar-refractivity contribution in [2.75, 3.05) is 30.9 Å². The van der Waals surface area contributed by atoms with E-state index in [-0.39, 0.29) is 5.92 Å². The second-order valence-corrected chi connectivity index (χ2v) is 9.76. The van der Waals surface area contributed by atoms with Gasteiger partial charge in [-0.25, -0.2) is 5.84 Å². The number of nitrogen functional groups attached to an aromatic ring is 1. The second-order valence-electron chi connectivity index (χ2n) is 9.76. The molecular weight excluding hydrogens is 512 g/mol. The molecule has 41 heavy (non-hydrogen) atoms. The summed E-state index contributed by atoms with van der Waals surface area (Å²) in [5.41, 5.74) is 15.1. The zero-order chi connectivity index (χ0) is 29.9. The number of anilines is 2. The molecule has 0 saturated carbocycles. The fourth-order valence-corrected chi connectivity index (χ4v) is 5.11. The smallest absolute Gasteiger partial charge is 0.175 e. The van der Waals surface area contributed by atoms with E-state index in [4.69, 9.17) is 16.3 Å². The minimum Gasteiger partial charge on any atom is -0.492 e. The maximum Gasteiger partial charge on any atom is 0.175 e. The highest BCUT2D eigenvalue weighted by atomic mass is 16.5. The fraction of sp³-hybridized carbons (Fsp3) is 0.406. The van der Waals surface area contributed by atoms with Crippen LogP contribution in [0.4, 0.5) is 11.4 Å². The van der Waals surface area contributed by atoms with Gasteiger partial charge in [0.2, 0.25) is 0 Å². The Kier molecular flexibility index (Phi) is 11.7. The lowest BCUT2D eigenvalue weighted by atomic mass is 9.83. The molecule has 0 bridgehead atoms. The Morgan fingerprint density at radius 2 is 1.80 bits per heavy atom. The molecule has 4 aromatic rings. The van der Waals surface area contributed by atoms with Gasteiger partial charge < -0.3 is 15.5 Å². The third kappa shape index (κ3) is 7.62. The number of rotatable bonds is 7. The van der Waals surface area contributed by atoms with Crippen LogP contribution in [0.25, 0.3) is 0 Å². The minimum absolute atomic E-state index is 0.00423. The van der Waals surface area contributed by atoms with Crippen LogP contribution >= 0.6 is 0 Å². The van der Waals surface area contributed by atoms with E-state index in [0.29, 0.717) is 24.5 Å². The highest BCUT2D eigenvalue weighted by Gasteiger charge is 2.23. The summed E-state index contributed by atoms with van der Waals surface area (Å²) in [4.78, 5) is 2.45. The molecule has 9 nitrogen and oxygen atoms in total. The van der Waals surface area contributed by atoms with Gasteiger partial charge in [-0.3, -0.25) is 4.90 Å². The van der Waals surface area contributed by atoms with Gasteiger partial charge in [0.15, 0.2) is 5.82 Å². The lowest BCUT2D eigenvalue weighted by Crippen LogP contribution is -2.26. The van der Waals surface area contributed by atoms with Crippen LogP contribution in [0.3, 0.4) is 0 Å². The lowest BCUT2D eigenvalue weighted by Gasteiger charge is -2.25. The third-order valence-corrected chi connectivity index (χ3v) is 7.27. The molecule has 1 aromatic heterocycles. The summed E-state index contributed by atoms with van der Waals surface area (Å²) in [5.74, 6) is 7.65. The van der Waals surface area contributed by atoms with Crippen molar-refractivity contribution in [3.05, 3.63) is 93.8 Å². The number of H-pyrrole nitrogens is 1. The molecule has 1 unspecified atom stereocenters. The van der Waals surface area contributed by atoms with Crippen molar-refractivity contribution in [2.45, 2.75) is 67.0 Å². The molecule has 9 heteroatoms. The maximum absolute atomic E-state index is 6.52. The Morgan fingerprint density at radius 3 is 2.51 bits per heavy atom. The summed E-state index contributed by atoms with van der Waals surface area (Å²) in [7, 11) is 1.79. The van der Waals surface area contributed by atoms with Crippen molar-refractivity contribution < 1.29 is 4.74 Å². The van der Waals surface area contributed by atoms with Crippen molar-refractivity contribution in [1.82, 2.24) is 25.5 Å². The first-order valence-electron chi connectivity index (χ1n) is 14.5. The first-order valence-corrected chi connectivity index (χ1v) is 14.5. The molecule has 0 amide bonds. The summed E-state index contributed by atoms with van der Waals surface area (Å²) in [5, 5.41) is 16.4. The number of hydrogen-bond acceptors (Lipinski definition) is 8. The molecule has 1 atom stereocenters. The van der Waals surface area contributed by atoms with Crippen molar-refractivity contribution >= 4 is 11.4 Å². The standard InChI is InChI=1S/C28H34N8O.2C2H6/c1-18-8-9-20(14-22(18)17-36-12-13-37-26-7-5-4-6-21(26)16-36)24(15-27-31-33-34-32-27)23-10-11-25(35(3)30)28(29)19(23)2;2*1-2/h4-11,14,24H,12-13,15-17,29-30H2,1-3H3,(H,31,32,33,34);2*1-2H3. The minimum atomic E-state index is 0.00423. The number of nitrogens with one attached hydrogen (secondary N) is 1. The number of benzene rings is 3. The number of hydrogen-bond donors (Lipinski definition) is 3. The molecule has 1 aliphatic rings. The highest BCUT2D eigenvalue weighted by Crippen LogP contribution is 2.36. The van der Waals surface area contributed by atoms with E-state index < -0.39 is 0 Å². The summed E-state index contributed by atoms with van der Waals surface area (Å²) in [6.45, 7) is 15.5.